The van der Waals surface area contributed by atoms with Crippen molar-refractivity contribution >= 4 is 5.97 Å². The molecule has 0 fully saturated rings. The SMILES string of the molecule is O=C(CC(F)F)OCC#CF. The molecule has 0 aliphatic rings. The fraction of sp³-hybridized carbons (Fsp3) is 0.500. The molecule has 0 aliphatic heterocycles. The Balaban J connectivity index is 3.43. The normalized spacial score (nSPS) is 8.73. The van der Waals surface area contributed by atoms with Gasteiger partial charge in [0.15, 0.2) is 6.61 Å². The molecule has 11 heavy (non-hydrogen) atoms. The molecule has 0 radical (unpaired) electrons. The van der Waals surface area contributed by atoms with Gasteiger partial charge in [-0.3, -0.25) is 4.79 Å². The average molecular weight is 166 g/mol. The maximum atomic E-state index is 11.4. The lowest BCUT2D eigenvalue weighted by Crippen LogP contribution is -2.08. The van der Waals surface area contributed by atoms with Crippen molar-refractivity contribution in [2.75, 3.05) is 6.61 Å². The Bertz CT molecular complexity index is 180. The lowest BCUT2D eigenvalue weighted by atomic mass is 10.5. The van der Waals surface area contributed by atoms with Crippen LogP contribution >= 0.6 is 0 Å². The van der Waals surface area contributed by atoms with Gasteiger partial charge in [-0.2, -0.15) is 0 Å². The van der Waals surface area contributed by atoms with Crippen molar-refractivity contribution < 1.29 is 22.7 Å². The van der Waals surface area contributed by atoms with E-state index in [4.69, 9.17) is 0 Å². The Kier molecular flexibility index (Phi) is 4.99. The van der Waals surface area contributed by atoms with E-state index in [2.05, 4.69) is 4.74 Å². The molecule has 62 valence electrons. The van der Waals surface area contributed by atoms with E-state index in [9.17, 15) is 18.0 Å². The summed E-state index contributed by atoms with van der Waals surface area (Å²) >= 11 is 0. The van der Waals surface area contributed by atoms with Crippen LogP contribution in [0.2, 0.25) is 0 Å². The van der Waals surface area contributed by atoms with Crippen LogP contribution in [0.4, 0.5) is 13.2 Å². The van der Waals surface area contributed by atoms with E-state index in [0.29, 0.717) is 0 Å². The summed E-state index contributed by atoms with van der Waals surface area (Å²) < 4.78 is 37.8. The van der Waals surface area contributed by atoms with E-state index in [1.165, 1.54) is 0 Å². The number of rotatable bonds is 3. The minimum Gasteiger partial charge on any atom is -0.452 e. The molecule has 0 atom stereocenters. The summed E-state index contributed by atoms with van der Waals surface area (Å²) in [5, 5.41) is 0. The average Bonchev–Trinajstić information content (AvgIpc) is 1.86. The highest BCUT2D eigenvalue weighted by Crippen LogP contribution is 1.99. The van der Waals surface area contributed by atoms with Crippen molar-refractivity contribution in [2.45, 2.75) is 12.8 Å². The first-order chi connectivity index (χ1) is 5.16. The minimum absolute atomic E-state index is 0.484. The van der Waals surface area contributed by atoms with Crippen molar-refractivity contribution in [2.24, 2.45) is 0 Å². The van der Waals surface area contributed by atoms with E-state index in [1.54, 1.807) is 5.92 Å². The number of carbonyl (C=O) groups is 1. The highest BCUT2D eigenvalue weighted by Gasteiger charge is 2.10. The van der Waals surface area contributed by atoms with Crippen LogP contribution < -0.4 is 0 Å². The van der Waals surface area contributed by atoms with Gasteiger partial charge >= 0.3 is 5.97 Å². The van der Waals surface area contributed by atoms with Gasteiger partial charge in [-0.05, 0) is 5.92 Å². The zero-order chi connectivity index (χ0) is 8.69. The third kappa shape index (κ3) is 6.71. The van der Waals surface area contributed by atoms with Crippen LogP contribution in [0.5, 0.6) is 0 Å². The number of halogens is 3. The van der Waals surface area contributed by atoms with Crippen LogP contribution in [0.15, 0.2) is 0 Å². The van der Waals surface area contributed by atoms with Gasteiger partial charge in [-0.15, -0.1) is 4.39 Å². The molecule has 0 aromatic heterocycles. The van der Waals surface area contributed by atoms with E-state index >= 15 is 0 Å². The summed E-state index contributed by atoms with van der Waals surface area (Å²) in [6, 6.07) is 0. The quantitative estimate of drug-likeness (QED) is 0.463. The molecule has 0 N–H and O–H groups in total. The zero-order valence-electron chi connectivity index (χ0n) is 5.44. The third-order valence-electron chi connectivity index (χ3n) is 0.693. The lowest BCUT2D eigenvalue weighted by molar-refractivity contribution is -0.145. The van der Waals surface area contributed by atoms with Gasteiger partial charge in [0.2, 0.25) is 6.43 Å². The predicted octanol–water partition coefficient (Wildman–Crippen LogP) is 1.12. The van der Waals surface area contributed by atoms with E-state index in [-0.39, 0.29) is 0 Å². The third-order valence-corrected chi connectivity index (χ3v) is 0.693. The molecule has 0 unspecified atom stereocenters. The van der Waals surface area contributed by atoms with Gasteiger partial charge in [0.05, 0.1) is 0 Å². The summed E-state index contributed by atoms with van der Waals surface area (Å²) in [5.41, 5.74) is 0. The van der Waals surface area contributed by atoms with Crippen molar-refractivity contribution in [3.63, 3.8) is 0 Å². The van der Waals surface area contributed by atoms with Crippen LogP contribution in [0.3, 0.4) is 0 Å². The van der Waals surface area contributed by atoms with Gasteiger partial charge in [-0.25, -0.2) is 8.78 Å². The maximum absolute atomic E-state index is 11.4. The van der Waals surface area contributed by atoms with Crippen molar-refractivity contribution in [1.29, 1.82) is 0 Å². The number of alkyl halides is 2. The molecule has 0 heterocycles. The Hall–Kier alpha value is -1.18. The molecule has 2 nitrogen and oxygen atoms in total. The second-order valence-corrected chi connectivity index (χ2v) is 1.53. The molecule has 0 aromatic carbocycles. The minimum atomic E-state index is -2.74. The number of carbonyl (C=O) groups excluding carboxylic acids is 1. The van der Waals surface area contributed by atoms with Crippen molar-refractivity contribution in [3.8, 4) is 12.1 Å². The first kappa shape index (κ1) is 9.82. The molecular formula is C6H5F3O2. The van der Waals surface area contributed by atoms with Crippen LogP contribution in [0.1, 0.15) is 6.42 Å². The number of esters is 1. The second-order valence-electron chi connectivity index (χ2n) is 1.53. The molecule has 0 saturated heterocycles. The molecule has 0 aromatic rings. The van der Waals surface area contributed by atoms with E-state index in [1.807, 2.05) is 0 Å². The van der Waals surface area contributed by atoms with Gasteiger partial charge in [0, 0.05) is 0 Å². The van der Waals surface area contributed by atoms with E-state index in [0.717, 1.165) is 6.17 Å². The van der Waals surface area contributed by atoms with Crippen LogP contribution in [0.25, 0.3) is 0 Å². The van der Waals surface area contributed by atoms with Gasteiger partial charge in [0.25, 0.3) is 0 Å². The highest BCUT2D eigenvalue weighted by molar-refractivity contribution is 5.69. The molecule has 0 saturated carbocycles. The Morgan fingerprint density at radius 3 is 2.64 bits per heavy atom. The summed E-state index contributed by atoms with van der Waals surface area (Å²) in [4.78, 5) is 10.2. The Morgan fingerprint density at radius 2 is 2.18 bits per heavy atom. The molecule has 0 amide bonds. The molecule has 0 aliphatic carbocycles. The maximum Gasteiger partial charge on any atom is 0.312 e. The van der Waals surface area contributed by atoms with Crippen molar-refractivity contribution in [1.82, 2.24) is 0 Å². The molecule has 0 rings (SSSR count). The van der Waals surface area contributed by atoms with Gasteiger partial charge < -0.3 is 4.74 Å². The second kappa shape index (κ2) is 5.59. The van der Waals surface area contributed by atoms with Gasteiger partial charge in [0.1, 0.15) is 12.6 Å². The largest absolute Gasteiger partial charge is 0.452 e. The molecular weight excluding hydrogens is 161 g/mol. The Labute approximate surface area is 61.3 Å². The van der Waals surface area contributed by atoms with Gasteiger partial charge in [-0.1, -0.05) is 0 Å². The number of ether oxygens (including phenoxy) is 1. The smallest absolute Gasteiger partial charge is 0.312 e. The highest BCUT2D eigenvalue weighted by atomic mass is 19.3. The molecule has 5 heteroatoms. The summed E-state index contributed by atoms with van der Waals surface area (Å²) in [6.45, 7) is -0.484. The standard InChI is InChI=1S/C6H5F3O2/c7-2-1-3-11-6(10)4-5(8)9/h5H,3-4H2. The Morgan fingerprint density at radius 1 is 1.55 bits per heavy atom. The number of hydrogen-bond donors (Lipinski definition) is 0. The molecule has 0 bridgehead atoms. The first-order valence-electron chi connectivity index (χ1n) is 2.69. The van der Waals surface area contributed by atoms with Crippen LogP contribution in [0, 0.1) is 12.1 Å². The van der Waals surface area contributed by atoms with E-state index < -0.39 is 25.4 Å². The fourth-order valence-corrected chi connectivity index (χ4v) is 0.329. The predicted molar refractivity (Wildman–Crippen MR) is 30.5 cm³/mol. The lowest BCUT2D eigenvalue weighted by Gasteiger charge is -1.97. The summed E-state index contributed by atoms with van der Waals surface area (Å²) in [5.74, 6) is 0.667. The molecule has 0 spiro atoms. The van der Waals surface area contributed by atoms with Crippen LogP contribution in [-0.4, -0.2) is 19.0 Å². The zero-order valence-corrected chi connectivity index (χ0v) is 5.44. The number of hydrogen-bond acceptors (Lipinski definition) is 2. The van der Waals surface area contributed by atoms with Crippen molar-refractivity contribution in [3.05, 3.63) is 0 Å². The monoisotopic (exact) mass is 166 g/mol. The fourth-order valence-electron chi connectivity index (χ4n) is 0.329. The summed E-state index contributed by atoms with van der Waals surface area (Å²) in [6.07, 6.45) is -2.75. The summed E-state index contributed by atoms with van der Waals surface area (Å²) in [7, 11) is 0. The topological polar surface area (TPSA) is 26.3 Å². The van der Waals surface area contributed by atoms with Crippen LogP contribution in [-0.2, 0) is 9.53 Å². The first-order valence-corrected chi connectivity index (χ1v) is 2.69.